The van der Waals surface area contributed by atoms with Crippen LogP contribution in [-0.2, 0) is 6.54 Å². The Morgan fingerprint density at radius 2 is 1.85 bits per heavy atom. The van der Waals surface area contributed by atoms with Gasteiger partial charge in [0.25, 0.3) is 0 Å². The van der Waals surface area contributed by atoms with Gasteiger partial charge in [-0.05, 0) is 24.6 Å². The molecule has 1 N–H and O–H groups in total. The quantitative estimate of drug-likeness (QED) is 0.579. The third-order valence-corrected chi connectivity index (χ3v) is 3.15. The maximum Gasteiger partial charge on any atom is 0.224 e. The van der Waals surface area contributed by atoms with Crippen LogP contribution in [0, 0.1) is 0 Å². The fourth-order valence-electron chi connectivity index (χ4n) is 2.18. The second kappa shape index (κ2) is 5.57. The minimum Gasteiger partial charge on any atom is -0.309 e. The SMILES string of the molecule is CCn1c(N/N=C\c2ccccc2)nc2ccccc21. The van der Waals surface area contributed by atoms with E-state index in [0.29, 0.717) is 0 Å². The molecule has 4 heteroatoms. The second-order valence-electron chi connectivity index (χ2n) is 4.45. The lowest BCUT2D eigenvalue weighted by Gasteiger charge is -2.04. The molecule has 0 radical (unpaired) electrons. The lowest BCUT2D eigenvalue weighted by molar-refractivity contribution is 0.791. The Morgan fingerprint density at radius 3 is 2.65 bits per heavy atom. The first kappa shape index (κ1) is 12.4. The first-order valence-corrected chi connectivity index (χ1v) is 6.68. The summed E-state index contributed by atoms with van der Waals surface area (Å²) in [4.78, 5) is 4.55. The van der Waals surface area contributed by atoms with E-state index >= 15 is 0 Å². The van der Waals surface area contributed by atoms with E-state index in [2.05, 4.69) is 33.1 Å². The predicted molar refractivity (Wildman–Crippen MR) is 83.1 cm³/mol. The molecule has 1 heterocycles. The van der Waals surface area contributed by atoms with E-state index in [1.54, 1.807) is 6.21 Å². The highest BCUT2D eigenvalue weighted by Crippen LogP contribution is 2.19. The van der Waals surface area contributed by atoms with Crippen molar-refractivity contribution in [2.24, 2.45) is 5.10 Å². The summed E-state index contributed by atoms with van der Waals surface area (Å²) in [6, 6.07) is 18.1. The normalized spacial score (nSPS) is 11.2. The van der Waals surface area contributed by atoms with Gasteiger partial charge in [0.15, 0.2) is 0 Å². The van der Waals surface area contributed by atoms with Crippen LogP contribution >= 0.6 is 0 Å². The van der Waals surface area contributed by atoms with Gasteiger partial charge in [0, 0.05) is 6.54 Å². The topological polar surface area (TPSA) is 42.2 Å². The summed E-state index contributed by atoms with van der Waals surface area (Å²) in [6.07, 6.45) is 1.79. The minimum absolute atomic E-state index is 0.765. The van der Waals surface area contributed by atoms with E-state index in [1.165, 1.54) is 0 Å². The number of aromatic nitrogens is 2. The fraction of sp³-hybridized carbons (Fsp3) is 0.125. The third-order valence-electron chi connectivity index (χ3n) is 3.15. The molecule has 2 aromatic carbocycles. The number of aryl methyl sites for hydroxylation is 1. The van der Waals surface area contributed by atoms with Crippen molar-refractivity contribution in [3.05, 3.63) is 60.2 Å². The lowest BCUT2D eigenvalue weighted by atomic mass is 10.2. The molecular formula is C16H16N4. The van der Waals surface area contributed by atoms with E-state index < -0.39 is 0 Å². The number of hydrazone groups is 1. The van der Waals surface area contributed by atoms with Gasteiger partial charge in [-0.15, -0.1) is 0 Å². The highest BCUT2D eigenvalue weighted by atomic mass is 15.4. The molecule has 0 bridgehead atoms. The number of nitrogens with one attached hydrogen (secondary N) is 1. The van der Waals surface area contributed by atoms with Gasteiger partial charge in [0.2, 0.25) is 5.95 Å². The van der Waals surface area contributed by atoms with Crippen LogP contribution < -0.4 is 5.43 Å². The van der Waals surface area contributed by atoms with Gasteiger partial charge in [-0.25, -0.2) is 10.4 Å². The molecule has 0 unspecified atom stereocenters. The standard InChI is InChI=1S/C16H16N4/c1-2-20-15-11-7-6-10-14(15)18-16(20)19-17-12-13-8-4-3-5-9-13/h3-12H,2H2,1H3,(H,18,19)/b17-12-. The van der Waals surface area contributed by atoms with Crippen molar-refractivity contribution < 1.29 is 0 Å². The summed E-state index contributed by atoms with van der Waals surface area (Å²) in [5.74, 6) is 0.765. The van der Waals surface area contributed by atoms with Crippen molar-refractivity contribution in [3.8, 4) is 0 Å². The Bertz CT molecular complexity index is 729. The van der Waals surface area contributed by atoms with Crippen LogP contribution in [0.2, 0.25) is 0 Å². The second-order valence-corrected chi connectivity index (χ2v) is 4.45. The van der Waals surface area contributed by atoms with Gasteiger partial charge in [-0.3, -0.25) is 0 Å². The monoisotopic (exact) mass is 264 g/mol. The molecule has 0 aliphatic heterocycles. The number of hydrogen-bond donors (Lipinski definition) is 1. The Labute approximate surface area is 117 Å². The Balaban J connectivity index is 1.86. The minimum atomic E-state index is 0.765. The number of imidazole rings is 1. The van der Waals surface area contributed by atoms with Crippen molar-refractivity contribution in [3.63, 3.8) is 0 Å². The number of benzene rings is 2. The van der Waals surface area contributed by atoms with Gasteiger partial charge in [0.1, 0.15) is 0 Å². The van der Waals surface area contributed by atoms with Crippen LogP contribution in [0.25, 0.3) is 11.0 Å². The number of nitrogens with zero attached hydrogens (tertiary/aromatic N) is 3. The average molecular weight is 264 g/mol. The zero-order chi connectivity index (χ0) is 13.8. The van der Waals surface area contributed by atoms with E-state index in [4.69, 9.17) is 0 Å². The van der Waals surface area contributed by atoms with Crippen LogP contribution in [0.15, 0.2) is 59.7 Å². The molecule has 1 aromatic heterocycles. The van der Waals surface area contributed by atoms with Crippen LogP contribution in [0.3, 0.4) is 0 Å². The molecule has 4 nitrogen and oxygen atoms in total. The Morgan fingerprint density at radius 1 is 1.10 bits per heavy atom. The Kier molecular flexibility index (Phi) is 3.46. The molecule has 0 spiro atoms. The van der Waals surface area contributed by atoms with Crippen molar-refractivity contribution in [2.45, 2.75) is 13.5 Å². The van der Waals surface area contributed by atoms with Gasteiger partial charge in [0.05, 0.1) is 17.2 Å². The number of para-hydroxylation sites is 2. The third kappa shape index (κ3) is 2.40. The summed E-state index contributed by atoms with van der Waals surface area (Å²) in [7, 11) is 0. The molecule has 0 aliphatic rings. The van der Waals surface area contributed by atoms with Crippen molar-refractivity contribution in [1.82, 2.24) is 9.55 Å². The van der Waals surface area contributed by atoms with Gasteiger partial charge >= 0.3 is 0 Å². The fourth-order valence-corrected chi connectivity index (χ4v) is 2.18. The molecule has 100 valence electrons. The van der Waals surface area contributed by atoms with Crippen molar-refractivity contribution in [2.75, 3.05) is 5.43 Å². The van der Waals surface area contributed by atoms with Gasteiger partial charge < -0.3 is 4.57 Å². The Hall–Kier alpha value is -2.62. The number of rotatable bonds is 4. The number of hydrogen-bond acceptors (Lipinski definition) is 3. The summed E-state index contributed by atoms with van der Waals surface area (Å²) in [5.41, 5.74) is 6.17. The first-order chi connectivity index (χ1) is 9.88. The molecule has 3 aromatic rings. The first-order valence-electron chi connectivity index (χ1n) is 6.68. The van der Waals surface area contributed by atoms with Crippen LogP contribution in [0.1, 0.15) is 12.5 Å². The van der Waals surface area contributed by atoms with Crippen molar-refractivity contribution in [1.29, 1.82) is 0 Å². The zero-order valence-corrected chi connectivity index (χ0v) is 11.3. The highest BCUT2D eigenvalue weighted by molar-refractivity contribution is 5.81. The van der Waals surface area contributed by atoms with E-state index in [-0.39, 0.29) is 0 Å². The maximum absolute atomic E-state index is 4.55. The molecule has 0 atom stereocenters. The molecule has 0 saturated carbocycles. The summed E-state index contributed by atoms with van der Waals surface area (Å²) in [6.45, 7) is 2.95. The molecule has 0 aliphatic carbocycles. The van der Waals surface area contributed by atoms with Crippen LogP contribution in [0.4, 0.5) is 5.95 Å². The van der Waals surface area contributed by atoms with E-state index in [0.717, 1.165) is 29.1 Å². The molecular weight excluding hydrogens is 248 g/mol. The van der Waals surface area contributed by atoms with Crippen LogP contribution in [0.5, 0.6) is 0 Å². The number of fused-ring (bicyclic) bond motifs is 1. The summed E-state index contributed by atoms with van der Waals surface area (Å²) in [5, 5.41) is 4.26. The molecule has 0 amide bonds. The smallest absolute Gasteiger partial charge is 0.224 e. The lowest BCUT2D eigenvalue weighted by Crippen LogP contribution is -2.01. The van der Waals surface area contributed by atoms with Crippen molar-refractivity contribution >= 4 is 23.2 Å². The average Bonchev–Trinajstić information content (AvgIpc) is 2.86. The molecule has 20 heavy (non-hydrogen) atoms. The summed E-state index contributed by atoms with van der Waals surface area (Å²) < 4.78 is 2.11. The molecule has 0 fully saturated rings. The van der Waals surface area contributed by atoms with E-state index in [1.807, 2.05) is 48.5 Å². The maximum atomic E-state index is 4.55. The van der Waals surface area contributed by atoms with Crippen LogP contribution in [-0.4, -0.2) is 15.8 Å². The van der Waals surface area contributed by atoms with E-state index in [9.17, 15) is 0 Å². The number of anilines is 1. The highest BCUT2D eigenvalue weighted by Gasteiger charge is 2.07. The molecule has 3 rings (SSSR count). The molecule has 0 saturated heterocycles. The largest absolute Gasteiger partial charge is 0.309 e. The predicted octanol–water partition coefficient (Wildman–Crippen LogP) is 3.50. The zero-order valence-electron chi connectivity index (χ0n) is 11.3. The van der Waals surface area contributed by atoms with Gasteiger partial charge in [-0.1, -0.05) is 42.5 Å². The summed E-state index contributed by atoms with van der Waals surface area (Å²) >= 11 is 0. The van der Waals surface area contributed by atoms with Gasteiger partial charge in [-0.2, -0.15) is 5.10 Å².